The van der Waals surface area contributed by atoms with Crippen molar-refractivity contribution in [2.24, 2.45) is 11.0 Å². The number of nitro groups is 2. The lowest BCUT2D eigenvalue weighted by molar-refractivity contribution is -0.385. The first-order chi connectivity index (χ1) is 23.0. The van der Waals surface area contributed by atoms with Crippen molar-refractivity contribution in [1.82, 2.24) is 9.21 Å². The number of hydrogen-bond acceptors (Lipinski definition) is 12. The van der Waals surface area contributed by atoms with Crippen molar-refractivity contribution in [3.63, 3.8) is 0 Å². The van der Waals surface area contributed by atoms with E-state index in [9.17, 15) is 28.6 Å². The van der Waals surface area contributed by atoms with Crippen molar-refractivity contribution in [2.75, 3.05) is 49.8 Å². The van der Waals surface area contributed by atoms with Gasteiger partial charge in [0.1, 0.15) is 10.6 Å². The number of nitrogens with one attached hydrogen (secondary N) is 1. The summed E-state index contributed by atoms with van der Waals surface area (Å²) in [5, 5.41) is 27.8. The molecule has 3 aromatic rings. The minimum absolute atomic E-state index is 0.0624. The average Bonchev–Trinajstić information content (AvgIpc) is 3.53. The zero-order valence-electron chi connectivity index (χ0n) is 26.6. The number of nitro benzene ring substituents is 2. The van der Waals surface area contributed by atoms with Gasteiger partial charge in [-0.15, -0.1) is 0 Å². The number of rotatable bonds is 10. The second-order valence-electron chi connectivity index (χ2n) is 12.4. The molecule has 1 N–H and O–H groups in total. The molecule has 3 aliphatic heterocycles. The Morgan fingerprint density at radius 1 is 0.938 bits per heavy atom. The summed E-state index contributed by atoms with van der Waals surface area (Å²) in [6, 6.07) is 14.0. The van der Waals surface area contributed by atoms with Gasteiger partial charge in [-0.3, -0.25) is 30.6 Å². The molecule has 254 valence electrons. The quantitative estimate of drug-likeness (QED) is 0.177. The molecule has 0 aliphatic carbocycles. The number of non-ortho nitro benzene ring substituents is 1. The molecule has 2 fully saturated rings. The van der Waals surface area contributed by atoms with Crippen molar-refractivity contribution in [3.8, 4) is 11.5 Å². The first-order valence-corrected chi connectivity index (χ1v) is 17.2. The number of sulfonamides is 1. The highest BCUT2D eigenvalue weighted by molar-refractivity contribution is 7.89. The Morgan fingerprint density at radius 3 is 2.44 bits per heavy atom. The molecule has 16 heteroatoms. The summed E-state index contributed by atoms with van der Waals surface area (Å²) in [7, 11) is -4.09. The molecule has 3 heterocycles. The van der Waals surface area contributed by atoms with Crippen molar-refractivity contribution in [2.45, 2.75) is 44.2 Å². The number of fused-ring (bicyclic) bond motifs is 1. The number of benzene rings is 3. The highest BCUT2D eigenvalue weighted by Crippen LogP contribution is 2.35. The van der Waals surface area contributed by atoms with Crippen molar-refractivity contribution in [3.05, 3.63) is 86.0 Å². The van der Waals surface area contributed by atoms with Crippen LogP contribution in [0, 0.1) is 26.1 Å². The molecule has 3 aliphatic rings. The van der Waals surface area contributed by atoms with Gasteiger partial charge in [-0.25, -0.2) is 8.42 Å². The van der Waals surface area contributed by atoms with Crippen molar-refractivity contribution < 1.29 is 27.7 Å². The molecule has 0 amide bonds. The van der Waals surface area contributed by atoms with Gasteiger partial charge in [0.05, 0.1) is 21.7 Å². The second-order valence-corrected chi connectivity index (χ2v) is 14.2. The maximum absolute atomic E-state index is 13.7. The Morgan fingerprint density at radius 2 is 1.71 bits per heavy atom. The summed E-state index contributed by atoms with van der Waals surface area (Å²) < 4.78 is 39.7. The number of hydrazone groups is 1. The Hall–Kier alpha value is -4.80. The number of piperazine rings is 1. The third-order valence-corrected chi connectivity index (χ3v) is 11.0. The van der Waals surface area contributed by atoms with E-state index in [1.807, 2.05) is 30.0 Å². The molecular formula is C32H37N7O8S. The summed E-state index contributed by atoms with van der Waals surface area (Å²) >= 11 is 0. The van der Waals surface area contributed by atoms with Crippen LogP contribution < -0.4 is 19.8 Å². The van der Waals surface area contributed by atoms with E-state index in [0.29, 0.717) is 62.7 Å². The fourth-order valence-corrected chi connectivity index (χ4v) is 8.27. The molecule has 2 atom stereocenters. The van der Waals surface area contributed by atoms with Crippen molar-refractivity contribution in [1.29, 1.82) is 0 Å². The largest absolute Gasteiger partial charge is 0.454 e. The van der Waals surface area contributed by atoms with Crippen LogP contribution >= 0.6 is 0 Å². The van der Waals surface area contributed by atoms with Gasteiger partial charge in [-0.2, -0.15) is 9.41 Å². The maximum atomic E-state index is 13.7. The second kappa shape index (κ2) is 13.7. The van der Waals surface area contributed by atoms with Crippen LogP contribution in [0.2, 0.25) is 0 Å². The van der Waals surface area contributed by atoms with Gasteiger partial charge in [-0.1, -0.05) is 19.1 Å². The highest BCUT2D eigenvalue weighted by atomic mass is 32.2. The van der Waals surface area contributed by atoms with E-state index < -0.39 is 19.9 Å². The summed E-state index contributed by atoms with van der Waals surface area (Å²) in [4.78, 5) is 26.6. The minimum atomic E-state index is -4.09. The van der Waals surface area contributed by atoms with Gasteiger partial charge in [0, 0.05) is 69.1 Å². The van der Waals surface area contributed by atoms with Gasteiger partial charge in [0.2, 0.25) is 16.8 Å². The van der Waals surface area contributed by atoms with Gasteiger partial charge in [0.15, 0.2) is 11.5 Å². The molecule has 15 nitrogen and oxygen atoms in total. The number of hydrogen-bond donors (Lipinski definition) is 1. The normalized spacial score (nSPS) is 20.2. The van der Waals surface area contributed by atoms with E-state index in [0.717, 1.165) is 29.7 Å². The average molecular weight is 680 g/mol. The number of anilines is 2. The summed E-state index contributed by atoms with van der Waals surface area (Å²) in [6.45, 7) is 7.79. The fraction of sp³-hybridized carbons (Fsp3) is 0.406. The van der Waals surface area contributed by atoms with Crippen LogP contribution in [0.4, 0.5) is 22.7 Å². The van der Waals surface area contributed by atoms with Gasteiger partial charge < -0.3 is 14.4 Å². The van der Waals surface area contributed by atoms with E-state index in [2.05, 4.69) is 22.4 Å². The summed E-state index contributed by atoms with van der Waals surface area (Å²) in [5.41, 5.74) is 4.35. The summed E-state index contributed by atoms with van der Waals surface area (Å²) in [5.74, 6) is 1.84. The Labute approximate surface area is 278 Å². The number of ether oxygens (including phenoxy) is 2. The van der Waals surface area contributed by atoms with E-state index >= 15 is 0 Å². The van der Waals surface area contributed by atoms with E-state index in [4.69, 9.17) is 9.47 Å². The molecule has 0 bridgehead atoms. The zero-order chi connectivity index (χ0) is 34.0. The third kappa shape index (κ3) is 7.05. The molecule has 0 aromatic heterocycles. The Kier molecular flexibility index (Phi) is 9.48. The molecule has 0 spiro atoms. The van der Waals surface area contributed by atoms with Crippen LogP contribution in [0.1, 0.15) is 37.8 Å². The predicted octanol–water partition coefficient (Wildman–Crippen LogP) is 4.81. The van der Waals surface area contributed by atoms with Crippen LogP contribution in [-0.4, -0.2) is 79.2 Å². The molecule has 0 radical (unpaired) electrons. The lowest BCUT2D eigenvalue weighted by Gasteiger charge is -2.35. The molecule has 48 heavy (non-hydrogen) atoms. The van der Waals surface area contributed by atoms with Gasteiger partial charge >= 0.3 is 0 Å². The fourth-order valence-electron chi connectivity index (χ4n) is 6.45. The van der Waals surface area contributed by atoms with Crippen molar-refractivity contribution >= 4 is 39.0 Å². The molecule has 0 saturated carbocycles. The molecule has 6 rings (SSSR count). The monoisotopic (exact) mass is 679 g/mol. The van der Waals surface area contributed by atoms with Crippen LogP contribution in [0.3, 0.4) is 0 Å². The Balaban J connectivity index is 1.15. The van der Waals surface area contributed by atoms with Crippen LogP contribution in [0.5, 0.6) is 11.5 Å². The molecule has 2 saturated heterocycles. The van der Waals surface area contributed by atoms with Crippen LogP contribution in [0.15, 0.2) is 64.6 Å². The molecule has 3 aromatic carbocycles. The van der Waals surface area contributed by atoms with E-state index in [-0.39, 0.29) is 34.8 Å². The summed E-state index contributed by atoms with van der Waals surface area (Å²) in [6.07, 6.45) is 2.72. The SMILES string of the molecule is C[C@H]1CCN(S(=O)(=O)c2cc([N+](=O)[O-])ccc2N/N=C\c2ccc(N3CCN(Cc4ccc5c(c4)OCO5)CC3)c([N+](=O)[O-])c2)[C@H](C)C1. The topological polar surface area (TPSA) is 173 Å². The molecule has 0 unspecified atom stereocenters. The number of nitrogens with zero attached hydrogens (tertiary/aromatic N) is 6. The third-order valence-electron chi connectivity index (χ3n) is 8.99. The smallest absolute Gasteiger partial charge is 0.293 e. The van der Waals surface area contributed by atoms with Crippen LogP contribution in [-0.2, 0) is 16.6 Å². The maximum Gasteiger partial charge on any atom is 0.293 e. The van der Waals surface area contributed by atoms with E-state index in [1.165, 1.54) is 28.7 Å². The standard InChI is InChI=1S/C32H37N7O8S/c1-22-9-10-37(23(2)15-22)48(44,45)32-18-26(38(40)41)5-6-27(32)34-33-19-24-3-7-28(29(16-24)39(42)43)36-13-11-35(12-14-36)20-25-4-8-30-31(17-25)47-21-46-30/h3-8,16-19,22-23,34H,9-15,20-21H2,1-2H3/b33-19-/t22-,23+/m0/s1. The Bertz CT molecular complexity index is 1850. The number of piperidine rings is 1. The van der Waals surface area contributed by atoms with Gasteiger partial charge in [0.25, 0.3) is 11.4 Å². The first kappa shape index (κ1) is 33.1. The minimum Gasteiger partial charge on any atom is -0.454 e. The predicted molar refractivity (Wildman–Crippen MR) is 179 cm³/mol. The highest BCUT2D eigenvalue weighted by Gasteiger charge is 2.35. The first-order valence-electron chi connectivity index (χ1n) is 15.7. The zero-order valence-corrected chi connectivity index (χ0v) is 27.5. The van der Waals surface area contributed by atoms with E-state index in [1.54, 1.807) is 12.1 Å². The van der Waals surface area contributed by atoms with Gasteiger partial charge in [-0.05, 0) is 55.5 Å². The lowest BCUT2D eigenvalue weighted by Crippen LogP contribution is -2.46. The molecular weight excluding hydrogens is 642 g/mol. The lowest BCUT2D eigenvalue weighted by atomic mass is 9.95. The van der Waals surface area contributed by atoms with Crippen LogP contribution in [0.25, 0.3) is 0 Å².